The number of aliphatic hydroxyl groups excluding tert-OH is 1. The number of benzene rings is 1. The normalized spacial score (nSPS) is 19.7. The first kappa shape index (κ1) is 25.9. The lowest BCUT2D eigenvalue weighted by Gasteiger charge is -2.40. The zero-order valence-electron chi connectivity index (χ0n) is 21.2. The molecule has 1 fully saturated rings. The number of aryl methyl sites for hydroxylation is 3. The smallest absolute Gasteiger partial charge is 0.149 e. The number of piperidine rings is 1. The molecule has 0 amide bonds. The Bertz CT molecular complexity index is 1420. The molecule has 10 heteroatoms. The SMILES string of the molecule is C[C@H]1CN(c2ccncc2CCc2ccc(F)c(-c3c(F)cc(-c4cnn(C)c4)cc3F)n2)C[C@@H](N)[C@@H]1O. The quantitative estimate of drug-likeness (QED) is 0.399. The summed E-state index contributed by atoms with van der Waals surface area (Å²) in [5.41, 5.74) is 8.51. The number of nitrogens with two attached hydrogens (primary N) is 1. The average Bonchev–Trinajstić information content (AvgIpc) is 3.33. The number of pyridine rings is 2. The highest BCUT2D eigenvalue weighted by atomic mass is 19.1. The third-order valence-electron chi connectivity index (χ3n) is 7.05. The molecule has 0 saturated carbocycles. The molecule has 0 radical (unpaired) electrons. The number of nitrogens with zero attached hydrogens (tertiary/aromatic N) is 5. The molecule has 0 aliphatic carbocycles. The van der Waals surface area contributed by atoms with Crippen LogP contribution in [0.1, 0.15) is 18.2 Å². The fraction of sp³-hybridized carbons (Fsp3) is 0.321. The molecular weight excluding hydrogens is 493 g/mol. The van der Waals surface area contributed by atoms with Crippen LogP contribution in [0.2, 0.25) is 0 Å². The van der Waals surface area contributed by atoms with E-state index in [1.165, 1.54) is 23.0 Å². The van der Waals surface area contributed by atoms with Gasteiger partial charge in [0.25, 0.3) is 0 Å². The predicted molar refractivity (Wildman–Crippen MR) is 139 cm³/mol. The van der Waals surface area contributed by atoms with Crippen molar-refractivity contribution >= 4 is 5.69 Å². The number of aliphatic hydroxyl groups is 1. The number of hydrogen-bond donors (Lipinski definition) is 2. The van der Waals surface area contributed by atoms with Crippen molar-refractivity contribution in [3.8, 4) is 22.4 Å². The maximum absolute atomic E-state index is 15.1. The number of hydrogen-bond acceptors (Lipinski definition) is 6. The molecule has 4 aromatic rings. The fourth-order valence-electron chi connectivity index (χ4n) is 5.03. The van der Waals surface area contributed by atoms with Crippen molar-refractivity contribution < 1.29 is 18.3 Å². The van der Waals surface area contributed by atoms with Gasteiger partial charge >= 0.3 is 0 Å². The van der Waals surface area contributed by atoms with Crippen LogP contribution in [0.3, 0.4) is 0 Å². The molecule has 1 aliphatic rings. The molecule has 3 aromatic heterocycles. The Labute approximate surface area is 218 Å². The molecule has 5 rings (SSSR count). The Balaban J connectivity index is 1.39. The molecule has 0 bridgehead atoms. The van der Waals surface area contributed by atoms with Crippen LogP contribution in [0, 0.1) is 23.4 Å². The molecule has 3 N–H and O–H groups in total. The second-order valence-corrected chi connectivity index (χ2v) is 9.89. The standard InChI is InChI=1S/C28H29F3N6O/c1-16-13-37(15-24(32)28(16)38)25-7-8-33-11-17(25)3-4-20-5-6-21(29)27(35-20)26-22(30)9-18(10-23(26)31)19-12-34-36(2)14-19/h5-12,14,16,24,28,38H,3-4,13,15,32H2,1-2H3/t16-,24+,28+/m0/s1. The van der Waals surface area contributed by atoms with Crippen molar-refractivity contribution in [3.05, 3.63) is 83.8 Å². The van der Waals surface area contributed by atoms with Crippen LogP contribution in [0.5, 0.6) is 0 Å². The van der Waals surface area contributed by atoms with E-state index in [0.29, 0.717) is 42.8 Å². The van der Waals surface area contributed by atoms with Gasteiger partial charge in [-0.2, -0.15) is 5.10 Å². The topological polar surface area (TPSA) is 93.1 Å². The van der Waals surface area contributed by atoms with E-state index in [4.69, 9.17) is 5.73 Å². The lowest BCUT2D eigenvalue weighted by atomic mass is 9.92. The second-order valence-electron chi connectivity index (χ2n) is 9.89. The Hall–Kier alpha value is -3.76. The summed E-state index contributed by atoms with van der Waals surface area (Å²) in [6, 6.07) is 6.56. The summed E-state index contributed by atoms with van der Waals surface area (Å²) in [5.74, 6) is -2.60. The first-order valence-electron chi connectivity index (χ1n) is 12.5. The molecule has 7 nitrogen and oxygen atoms in total. The molecule has 4 heterocycles. The number of anilines is 1. The van der Waals surface area contributed by atoms with Gasteiger partial charge in [-0.25, -0.2) is 18.2 Å². The molecule has 1 saturated heterocycles. The van der Waals surface area contributed by atoms with E-state index in [2.05, 4.69) is 20.0 Å². The maximum atomic E-state index is 15.1. The van der Waals surface area contributed by atoms with E-state index < -0.39 is 29.1 Å². The van der Waals surface area contributed by atoms with Gasteiger partial charge in [0.05, 0.1) is 17.9 Å². The first-order chi connectivity index (χ1) is 18.2. The van der Waals surface area contributed by atoms with Crippen LogP contribution in [0.25, 0.3) is 22.4 Å². The van der Waals surface area contributed by atoms with E-state index in [-0.39, 0.29) is 17.7 Å². The highest BCUT2D eigenvalue weighted by molar-refractivity contribution is 5.69. The summed E-state index contributed by atoms with van der Waals surface area (Å²) < 4.78 is 46.5. The second kappa shape index (κ2) is 10.5. The highest BCUT2D eigenvalue weighted by Crippen LogP contribution is 2.32. The van der Waals surface area contributed by atoms with Gasteiger partial charge in [-0.05, 0) is 54.3 Å². The zero-order valence-corrected chi connectivity index (χ0v) is 21.2. The van der Waals surface area contributed by atoms with Gasteiger partial charge in [-0.3, -0.25) is 9.67 Å². The number of halogens is 3. The number of aromatic nitrogens is 4. The fourth-order valence-corrected chi connectivity index (χ4v) is 5.03. The van der Waals surface area contributed by atoms with Gasteiger partial charge in [0.1, 0.15) is 23.1 Å². The third-order valence-corrected chi connectivity index (χ3v) is 7.05. The third kappa shape index (κ3) is 5.14. The van der Waals surface area contributed by atoms with E-state index in [1.807, 2.05) is 13.0 Å². The van der Waals surface area contributed by atoms with Crippen LogP contribution < -0.4 is 10.6 Å². The lowest BCUT2D eigenvalue weighted by molar-refractivity contribution is 0.0784. The lowest BCUT2D eigenvalue weighted by Crippen LogP contribution is -2.55. The van der Waals surface area contributed by atoms with Gasteiger partial charge in [-0.15, -0.1) is 0 Å². The summed E-state index contributed by atoms with van der Waals surface area (Å²) in [4.78, 5) is 10.7. The van der Waals surface area contributed by atoms with Crippen LogP contribution in [-0.2, 0) is 19.9 Å². The van der Waals surface area contributed by atoms with Crippen molar-refractivity contribution in [1.82, 2.24) is 19.7 Å². The minimum Gasteiger partial charge on any atom is -0.391 e. The van der Waals surface area contributed by atoms with E-state index in [1.54, 1.807) is 25.6 Å². The van der Waals surface area contributed by atoms with Crippen molar-refractivity contribution in [2.75, 3.05) is 18.0 Å². The van der Waals surface area contributed by atoms with Gasteiger partial charge < -0.3 is 15.7 Å². The summed E-state index contributed by atoms with van der Waals surface area (Å²) >= 11 is 0. The van der Waals surface area contributed by atoms with Crippen LogP contribution in [0.4, 0.5) is 18.9 Å². The highest BCUT2D eigenvalue weighted by Gasteiger charge is 2.31. The molecular formula is C28H29F3N6O. The molecule has 3 atom stereocenters. The Kier molecular flexibility index (Phi) is 7.18. The minimum atomic E-state index is -0.903. The van der Waals surface area contributed by atoms with Crippen LogP contribution >= 0.6 is 0 Å². The summed E-state index contributed by atoms with van der Waals surface area (Å²) in [6.45, 7) is 3.12. The van der Waals surface area contributed by atoms with Crippen LogP contribution in [0.15, 0.2) is 55.1 Å². The molecule has 1 aliphatic heterocycles. The van der Waals surface area contributed by atoms with Crippen molar-refractivity contribution in [2.45, 2.75) is 31.9 Å². The van der Waals surface area contributed by atoms with E-state index in [9.17, 15) is 9.50 Å². The summed E-state index contributed by atoms with van der Waals surface area (Å²) in [6.07, 6.45) is 6.97. The Morgan fingerprint density at radius 1 is 1.00 bits per heavy atom. The molecule has 0 unspecified atom stereocenters. The molecule has 198 valence electrons. The zero-order chi connectivity index (χ0) is 27.0. The molecule has 1 aromatic carbocycles. The first-order valence-corrected chi connectivity index (χ1v) is 12.5. The van der Waals surface area contributed by atoms with Gasteiger partial charge in [0, 0.05) is 67.6 Å². The minimum absolute atomic E-state index is 0.00965. The summed E-state index contributed by atoms with van der Waals surface area (Å²) in [7, 11) is 1.70. The summed E-state index contributed by atoms with van der Waals surface area (Å²) in [5, 5.41) is 14.3. The molecule has 38 heavy (non-hydrogen) atoms. The van der Waals surface area contributed by atoms with Crippen LogP contribution in [-0.4, -0.2) is 50.1 Å². The number of rotatable bonds is 6. The van der Waals surface area contributed by atoms with Crippen molar-refractivity contribution in [3.63, 3.8) is 0 Å². The predicted octanol–water partition coefficient (Wildman–Crippen LogP) is 3.89. The van der Waals surface area contributed by atoms with E-state index in [0.717, 1.165) is 23.4 Å². The Morgan fingerprint density at radius 2 is 1.76 bits per heavy atom. The van der Waals surface area contributed by atoms with Gasteiger partial charge in [0.15, 0.2) is 0 Å². The van der Waals surface area contributed by atoms with Crippen molar-refractivity contribution in [2.24, 2.45) is 18.7 Å². The maximum Gasteiger partial charge on any atom is 0.149 e. The van der Waals surface area contributed by atoms with E-state index >= 15 is 8.78 Å². The Morgan fingerprint density at radius 3 is 2.45 bits per heavy atom. The average molecular weight is 523 g/mol. The van der Waals surface area contributed by atoms with Gasteiger partial charge in [-0.1, -0.05) is 6.92 Å². The monoisotopic (exact) mass is 522 g/mol. The largest absolute Gasteiger partial charge is 0.391 e. The molecule has 0 spiro atoms. The van der Waals surface area contributed by atoms with Crippen molar-refractivity contribution in [1.29, 1.82) is 0 Å². The van der Waals surface area contributed by atoms with Gasteiger partial charge in [0.2, 0.25) is 0 Å².